The highest BCUT2D eigenvalue weighted by Gasteiger charge is 2.18. The Bertz CT molecular complexity index is 1370. The molecule has 8 nitrogen and oxygen atoms in total. The third-order valence-electron chi connectivity index (χ3n) is 5.13. The van der Waals surface area contributed by atoms with Crippen LogP contribution in [0.25, 0.3) is 17.1 Å². The summed E-state index contributed by atoms with van der Waals surface area (Å²) in [5.41, 5.74) is 2.62. The first-order chi connectivity index (χ1) is 18.0. The van der Waals surface area contributed by atoms with Crippen LogP contribution in [0.4, 0.5) is 5.69 Å². The van der Waals surface area contributed by atoms with Crippen molar-refractivity contribution in [3.8, 4) is 22.8 Å². The van der Waals surface area contributed by atoms with E-state index in [4.69, 9.17) is 21.1 Å². The number of anilines is 1. The van der Waals surface area contributed by atoms with Crippen LogP contribution in [0.15, 0.2) is 78.0 Å². The standard InChI is InChI=1S/C27H25ClN4O4S/c1-3-35-23-14-12-22(13-15-23)32-25(19-6-5-7-20(28)16-19)30-31-27(32)37-17-24(33)29-21-10-8-18(9-11-21)26(34)36-4-2/h5-16H,3-4,17H2,1-2H3,(H,29,33). The normalized spacial score (nSPS) is 10.7. The number of rotatable bonds is 10. The Morgan fingerprint density at radius 3 is 2.41 bits per heavy atom. The number of ether oxygens (including phenoxy) is 2. The van der Waals surface area contributed by atoms with Crippen molar-refractivity contribution in [1.82, 2.24) is 14.8 Å². The van der Waals surface area contributed by atoms with Crippen LogP contribution in [0.5, 0.6) is 5.75 Å². The van der Waals surface area contributed by atoms with Crippen LogP contribution >= 0.6 is 23.4 Å². The van der Waals surface area contributed by atoms with Crippen molar-refractivity contribution < 1.29 is 19.1 Å². The molecule has 1 heterocycles. The second-order valence-corrected chi connectivity index (χ2v) is 9.09. The van der Waals surface area contributed by atoms with Crippen molar-refractivity contribution in [2.75, 3.05) is 24.3 Å². The van der Waals surface area contributed by atoms with Crippen LogP contribution < -0.4 is 10.1 Å². The van der Waals surface area contributed by atoms with Crippen molar-refractivity contribution in [1.29, 1.82) is 0 Å². The Morgan fingerprint density at radius 2 is 1.73 bits per heavy atom. The fourth-order valence-corrected chi connectivity index (χ4v) is 4.44. The van der Waals surface area contributed by atoms with Crippen LogP contribution in [0.3, 0.4) is 0 Å². The van der Waals surface area contributed by atoms with Gasteiger partial charge in [-0.3, -0.25) is 9.36 Å². The predicted octanol–water partition coefficient (Wildman–Crippen LogP) is 5.89. The zero-order valence-electron chi connectivity index (χ0n) is 20.3. The number of aromatic nitrogens is 3. The summed E-state index contributed by atoms with van der Waals surface area (Å²) in [7, 11) is 0. The third kappa shape index (κ3) is 6.69. The Labute approximate surface area is 224 Å². The van der Waals surface area contributed by atoms with Crippen LogP contribution in [0.1, 0.15) is 24.2 Å². The van der Waals surface area contributed by atoms with Gasteiger partial charge in [0.05, 0.1) is 24.5 Å². The molecule has 0 atom stereocenters. The van der Waals surface area contributed by atoms with E-state index < -0.39 is 5.97 Å². The molecule has 1 aromatic heterocycles. The monoisotopic (exact) mass is 536 g/mol. The number of nitrogens with one attached hydrogen (secondary N) is 1. The molecule has 0 aliphatic heterocycles. The molecule has 10 heteroatoms. The molecule has 0 saturated carbocycles. The lowest BCUT2D eigenvalue weighted by molar-refractivity contribution is -0.113. The van der Waals surface area contributed by atoms with Gasteiger partial charge < -0.3 is 14.8 Å². The number of carbonyl (C=O) groups is 2. The number of carbonyl (C=O) groups excluding carboxylic acids is 2. The average molecular weight is 537 g/mol. The van der Waals surface area contributed by atoms with Gasteiger partial charge in [0.1, 0.15) is 5.75 Å². The van der Waals surface area contributed by atoms with E-state index in [9.17, 15) is 9.59 Å². The Kier molecular flexibility index (Phi) is 8.81. The SMILES string of the molecule is CCOC(=O)c1ccc(NC(=O)CSc2nnc(-c3cccc(Cl)c3)n2-c2ccc(OCC)cc2)cc1. The smallest absolute Gasteiger partial charge is 0.338 e. The number of amides is 1. The van der Waals surface area contributed by atoms with Gasteiger partial charge in [0.25, 0.3) is 0 Å². The van der Waals surface area contributed by atoms with E-state index in [0.717, 1.165) is 17.0 Å². The van der Waals surface area contributed by atoms with Crippen molar-refractivity contribution >= 4 is 40.9 Å². The predicted molar refractivity (Wildman–Crippen MR) is 145 cm³/mol. The summed E-state index contributed by atoms with van der Waals surface area (Å²) in [5, 5.41) is 12.7. The molecule has 190 valence electrons. The van der Waals surface area contributed by atoms with Crippen molar-refractivity contribution in [3.63, 3.8) is 0 Å². The summed E-state index contributed by atoms with van der Waals surface area (Å²) in [6, 6.07) is 21.5. The number of hydrogen-bond donors (Lipinski definition) is 1. The van der Waals surface area contributed by atoms with Gasteiger partial charge in [-0.05, 0) is 74.5 Å². The third-order valence-corrected chi connectivity index (χ3v) is 6.30. The van der Waals surface area contributed by atoms with Gasteiger partial charge in [0.2, 0.25) is 5.91 Å². The summed E-state index contributed by atoms with van der Waals surface area (Å²) >= 11 is 7.48. The molecular weight excluding hydrogens is 512 g/mol. The van der Waals surface area contributed by atoms with Gasteiger partial charge >= 0.3 is 5.97 Å². The number of thioether (sulfide) groups is 1. The Hall–Kier alpha value is -3.82. The Morgan fingerprint density at radius 1 is 0.973 bits per heavy atom. The fourth-order valence-electron chi connectivity index (χ4n) is 3.50. The molecule has 0 bridgehead atoms. The van der Waals surface area contributed by atoms with E-state index in [1.165, 1.54) is 11.8 Å². The molecule has 4 aromatic rings. The van der Waals surface area contributed by atoms with Crippen LogP contribution in [0.2, 0.25) is 5.02 Å². The maximum atomic E-state index is 12.7. The molecule has 0 aliphatic rings. The largest absolute Gasteiger partial charge is 0.494 e. The molecule has 0 unspecified atom stereocenters. The number of hydrogen-bond acceptors (Lipinski definition) is 7. The van der Waals surface area contributed by atoms with Gasteiger partial charge in [-0.25, -0.2) is 4.79 Å². The summed E-state index contributed by atoms with van der Waals surface area (Å²) in [5.74, 6) is 0.833. The lowest BCUT2D eigenvalue weighted by atomic mass is 10.2. The molecule has 0 spiro atoms. The number of nitrogens with zero attached hydrogens (tertiary/aromatic N) is 3. The highest BCUT2D eigenvalue weighted by molar-refractivity contribution is 7.99. The number of halogens is 1. The minimum atomic E-state index is -0.403. The van der Waals surface area contributed by atoms with Crippen LogP contribution in [0, 0.1) is 0 Å². The van der Waals surface area contributed by atoms with Crippen molar-refractivity contribution in [2.45, 2.75) is 19.0 Å². The second-order valence-electron chi connectivity index (χ2n) is 7.71. The number of esters is 1. The van der Waals surface area contributed by atoms with Gasteiger partial charge in [0, 0.05) is 22.0 Å². The quantitative estimate of drug-likeness (QED) is 0.199. The molecule has 1 N–H and O–H groups in total. The van der Waals surface area contributed by atoms with E-state index in [1.807, 2.05) is 54.0 Å². The topological polar surface area (TPSA) is 95.3 Å². The molecule has 0 saturated heterocycles. The highest BCUT2D eigenvalue weighted by Crippen LogP contribution is 2.30. The van der Waals surface area contributed by atoms with Gasteiger partial charge in [-0.15, -0.1) is 10.2 Å². The van der Waals surface area contributed by atoms with Crippen molar-refractivity contribution in [3.05, 3.63) is 83.4 Å². The molecule has 1 amide bonds. The summed E-state index contributed by atoms with van der Waals surface area (Å²) < 4.78 is 12.4. The van der Waals surface area contributed by atoms with E-state index in [-0.39, 0.29) is 11.7 Å². The lowest BCUT2D eigenvalue weighted by Gasteiger charge is -2.12. The minimum absolute atomic E-state index is 0.102. The fraction of sp³-hybridized carbons (Fsp3) is 0.185. The van der Waals surface area contributed by atoms with Gasteiger partial charge in [-0.2, -0.15) is 0 Å². The first kappa shape index (κ1) is 26.2. The summed E-state index contributed by atoms with van der Waals surface area (Å²) in [4.78, 5) is 24.5. The summed E-state index contributed by atoms with van der Waals surface area (Å²) in [6.45, 7) is 4.55. The first-order valence-corrected chi connectivity index (χ1v) is 13.0. The molecule has 4 rings (SSSR count). The van der Waals surface area contributed by atoms with Gasteiger partial charge in [0.15, 0.2) is 11.0 Å². The molecule has 37 heavy (non-hydrogen) atoms. The van der Waals surface area contributed by atoms with Crippen molar-refractivity contribution in [2.24, 2.45) is 0 Å². The Balaban J connectivity index is 1.52. The second kappa shape index (κ2) is 12.4. The van der Waals surface area contributed by atoms with Crippen LogP contribution in [-0.4, -0.2) is 45.6 Å². The van der Waals surface area contributed by atoms with Gasteiger partial charge in [-0.1, -0.05) is 35.5 Å². The van der Waals surface area contributed by atoms with E-state index in [0.29, 0.717) is 40.5 Å². The van der Waals surface area contributed by atoms with Crippen LogP contribution in [-0.2, 0) is 9.53 Å². The first-order valence-electron chi connectivity index (χ1n) is 11.6. The summed E-state index contributed by atoms with van der Waals surface area (Å²) in [6.07, 6.45) is 0. The highest BCUT2D eigenvalue weighted by atomic mass is 35.5. The molecule has 3 aromatic carbocycles. The minimum Gasteiger partial charge on any atom is -0.494 e. The zero-order chi connectivity index (χ0) is 26.2. The molecular formula is C27H25ClN4O4S. The zero-order valence-corrected chi connectivity index (χ0v) is 21.9. The maximum absolute atomic E-state index is 12.7. The number of benzene rings is 3. The maximum Gasteiger partial charge on any atom is 0.338 e. The van der Waals surface area contributed by atoms with E-state index in [1.54, 1.807) is 37.3 Å². The van der Waals surface area contributed by atoms with E-state index in [2.05, 4.69) is 15.5 Å². The molecule has 0 aliphatic carbocycles. The molecule has 0 radical (unpaired) electrons. The lowest BCUT2D eigenvalue weighted by Crippen LogP contribution is -2.15. The average Bonchev–Trinajstić information content (AvgIpc) is 3.33. The molecule has 0 fully saturated rings. The van der Waals surface area contributed by atoms with E-state index >= 15 is 0 Å².